The summed E-state index contributed by atoms with van der Waals surface area (Å²) in [7, 11) is 3.89. The van der Waals surface area contributed by atoms with Crippen molar-refractivity contribution < 1.29 is 4.92 Å². The molecule has 0 fully saturated rings. The summed E-state index contributed by atoms with van der Waals surface area (Å²) in [6, 6.07) is 5.70. The first-order valence-corrected chi connectivity index (χ1v) is 5.50. The summed E-state index contributed by atoms with van der Waals surface area (Å²) in [6.07, 6.45) is 1.55. The quantitative estimate of drug-likeness (QED) is 0.633. The number of rotatable bonds is 3. The molecule has 1 aromatic rings. The van der Waals surface area contributed by atoms with Gasteiger partial charge in [-0.2, -0.15) is 0 Å². The maximum absolute atomic E-state index is 10.5. The molecule has 0 amide bonds. The minimum absolute atomic E-state index is 0.123. The SMILES string of the molecule is C/C(=C/c1ccc(N(C)C)cc1Br)[N+](=O)[O-]. The van der Waals surface area contributed by atoms with Gasteiger partial charge >= 0.3 is 0 Å². The van der Waals surface area contributed by atoms with E-state index in [1.807, 2.05) is 37.2 Å². The second kappa shape index (κ2) is 5.12. The first-order valence-electron chi connectivity index (χ1n) is 4.71. The van der Waals surface area contributed by atoms with E-state index >= 15 is 0 Å². The zero-order valence-electron chi connectivity index (χ0n) is 9.40. The van der Waals surface area contributed by atoms with Gasteiger partial charge in [-0.05, 0) is 17.7 Å². The van der Waals surface area contributed by atoms with E-state index in [4.69, 9.17) is 0 Å². The fourth-order valence-electron chi connectivity index (χ4n) is 1.19. The Morgan fingerprint density at radius 1 is 1.50 bits per heavy atom. The third-order valence-corrected chi connectivity index (χ3v) is 2.84. The maximum atomic E-state index is 10.5. The van der Waals surface area contributed by atoms with Crippen molar-refractivity contribution >= 4 is 27.7 Å². The number of anilines is 1. The molecule has 0 N–H and O–H groups in total. The van der Waals surface area contributed by atoms with E-state index in [1.54, 1.807) is 6.08 Å². The lowest BCUT2D eigenvalue weighted by Crippen LogP contribution is -2.08. The summed E-state index contributed by atoms with van der Waals surface area (Å²) in [5.41, 5.74) is 1.97. The minimum atomic E-state index is -0.397. The Balaban J connectivity index is 3.09. The van der Waals surface area contributed by atoms with Crippen molar-refractivity contribution in [1.82, 2.24) is 0 Å². The first-order chi connectivity index (χ1) is 7.41. The van der Waals surface area contributed by atoms with Gasteiger partial charge in [-0.15, -0.1) is 0 Å². The van der Waals surface area contributed by atoms with Crippen LogP contribution in [0.3, 0.4) is 0 Å². The number of allylic oxidation sites excluding steroid dienone is 1. The van der Waals surface area contributed by atoms with Gasteiger partial charge in [-0.25, -0.2) is 0 Å². The van der Waals surface area contributed by atoms with Crippen molar-refractivity contribution in [3.63, 3.8) is 0 Å². The van der Waals surface area contributed by atoms with Gasteiger partial charge in [0.05, 0.1) is 4.92 Å². The Morgan fingerprint density at radius 2 is 2.12 bits per heavy atom. The lowest BCUT2D eigenvalue weighted by Gasteiger charge is -2.13. The molecule has 0 aliphatic rings. The standard InChI is InChI=1S/C11H13BrN2O2/c1-8(14(15)16)6-9-4-5-10(13(2)3)7-11(9)12/h4-7H,1-3H3/b8-6-. The lowest BCUT2D eigenvalue weighted by atomic mass is 10.2. The van der Waals surface area contributed by atoms with Crippen LogP contribution >= 0.6 is 15.9 Å². The van der Waals surface area contributed by atoms with Crippen LogP contribution in [-0.4, -0.2) is 19.0 Å². The van der Waals surface area contributed by atoms with E-state index < -0.39 is 4.92 Å². The monoisotopic (exact) mass is 284 g/mol. The predicted molar refractivity (Wildman–Crippen MR) is 69.1 cm³/mol. The van der Waals surface area contributed by atoms with Gasteiger partial charge in [0.15, 0.2) is 0 Å². The summed E-state index contributed by atoms with van der Waals surface area (Å²) in [6.45, 7) is 1.48. The predicted octanol–water partition coefficient (Wildman–Crippen LogP) is 3.15. The van der Waals surface area contributed by atoms with Gasteiger partial charge in [-0.3, -0.25) is 10.1 Å². The highest BCUT2D eigenvalue weighted by atomic mass is 79.9. The minimum Gasteiger partial charge on any atom is -0.378 e. The molecule has 0 saturated heterocycles. The number of halogens is 1. The van der Waals surface area contributed by atoms with Gasteiger partial charge in [0, 0.05) is 37.3 Å². The second-order valence-corrected chi connectivity index (χ2v) is 4.50. The highest BCUT2D eigenvalue weighted by Crippen LogP contribution is 2.24. The second-order valence-electron chi connectivity index (χ2n) is 3.64. The van der Waals surface area contributed by atoms with Crippen LogP contribution in [0.4, 0.5) is 5.69 Å². The van der Waals surface area contributed by atoms with Gasteiger partial charge in [0.1, 0.15) is 0 Å². The van der Waals surface area contributed by atoms with E-state index in [9.17, 15) is 10.1 Å². The highest BCUT2D eigenvalue weighted by molar-refractivity contribution is 9.10. The Hall–Kier alpha value is -1.36. The number of hydrogen-bond acceptors (Lipinski definition) is 3. The van der Waals surface area contributed by atoms with Crippen molar-refractivity contribution in [2.45, 2.75) is 6.92 Å². The molecule has 0 atom stereocenters. The van der Waals surface area contributed by atoms with Gasteiger partial charge < -0.3 is 4.90 Å². The number of benzene rings is 1. The summed E-state index contributed by atoms with van der Waals surface area (Å²) >= 11 is 3.40. The summed E-state index contributed by atoms with van der Waals surface area (Å²) in [5.74, 6) is 0. The molecule has 0 unspecified atom stereocenters. The van der Waals surface area contributed by atoms with E-state index in [2.05, 4.69) is 15.9 Å². The van der Waals surface area contributed by atoms with Crippen LogP contribution in [0.25, 0.3) is 6.08 Å². The van der Waals surface area contributed by atoms with Crippen molar-refractivity contribution in [2.75, 3.05) is 19.0 Å². The van der Waals surface area contributed by atoms with Crippen molar-refractivity contribution in [3.05, 3.63) is 44.0 Å². The van der Waals surface area contributed by atoms with Crippen LogP contribution in [0, 0.1) is 10.1 Å². The largest absolute Gasteiger partial charge is 0.378 e. The average molecular weight is 285 g/mol. The number of hydrogen-bond donors (Lipinski definition) is 0. The summed E-state index contributed by atoms with van der Waals surface area (Å²) in [4.78, 5) is 12.1. The smallest absolute Gasteiger partial charge is 0.243 e. The molecule has 0 radical (unpaired) electrons. The Morgan fingerprint density at radius 3 is 2.56 bits per heavy atom. The normalized spacial score (nSPS) is 11.4. The van der Waals surface area contributed by atoms with Crippen molar-refractivity contribution in [2.24, 2.45) is 0 Å². The van der Waals surface area contributed by atoms with Crippen LogP contribution in [-0.2, 0) is 0 Å². The topological polar surface area (TPSA) is 46.4 Å². The molecule has 0 spiro atoms. The molecule has 0 saturated carbocycles. The maximum Gasteiger partial charge on any atom is 0.243 e. The lowest BCUT2D eigenvalue weighted by molar-refractivity contribution is -0.422. The third-order valence-electron chi connectivity index (χ3n) is 2.15. The zero-order valence-corrected chi connectivity index (χ0v) is 11.0. The van der Waals surface area contributed by atoms with Gasteiger partial charge in [0.25, 0.3) is 0 Å². The Labute approximate surface area is 103 Å². The molecular weight excluding hydrogens is 272 g/mol. The van der Waals surface area contributed by atoms with E-state index in [1.165, 1.54) is 6.92 Å². The molecule has 0 heterocycles. The van der Waals surface area contributed by atoms with Gasteiger partial charge in [0.2, 0.25) is 5.70 Å². The van der Waals surface area contributed by atoms with Crippen LogP contribution in [0.2, 0.25) is 0 Å². The van der Waals surface area contributed by atoms with Gasteiger partial charge in [-0.1, -0.05) is 22.0 Å². The van der Waals surface area contributed by atoms with Crippen LogP contribution in [0.15, 0.2) is 28.4 Å². The van der Waals surface area contributed by atoms with Crippen LogP contribution in [0.1, 0.15) is 12.5 Å². The van der Waals surface area contributed by atoms with Crippen molar-refractivity contribution in [3.8, 4) is 0 Å². The zero-order chi connectivity index (χ0) is 12.3. The molecule has 0 aliphatic carbocycles. The first kappa shape index (κ1) is 12.7. The fourth-order valence-corrected chi connectivity index (χ4v) is 1.67. The van der Waals surface area contributed by atoms with Crippen LogP contribution in [0.5, 0.6) is 0 Å². The summed E-state index contributed by atoms with van der Waals surface area (Å²) in [5, 5.41) is 10.5. The fraction of sp³-hybridized carbons (Fsp3) is 0.273. The van der Waals surface area contributed by atoms with E-state index in [-0.39, 0.29) is 5.70 Å². The number of nitro groups is 1. The molecule has 5 heteroatoms. The third kappa shape index (κ3) is 3.06. The van der Waals surface area contributed by atoms with Crippen LogP contribution < -0.4 is 4.90 Å². The van der Waals surface area contributed by atoms with E-state index in [0.29, 0.717) is 0 Å². The molecule has 0 aromatic heterocycles. The van der Waals surface area contributed by atoms with E-state index in [0.717, 1.165) is 15.7 Å². The molecule has 0 bridgehead atoms. The average Bonchev–Trinajstić information content (AvgIpc) is 2.20. The molecular formula is C11H13BrN2O2. The molecule has 4 nitrogen and oxygen atoms in total. The van der Waals surface area contributed by atoms with Crippen molar-refractivity contribution in [1.29, 1.82) is 0 Å². The molecule has 0 aliphatic heterocycles. The number of nitrogens with zero attached hydrogens (tertiary/aromatic N) is 2. The molecule has 16 heavy (non-hydrogen) atoms. The highest BCUT2D eigenvalue weighted by Gasteiger charge is 2.06. The molecule has 86 valence electrons. The Kier molecular flexibility index (Phi) is 4.06. The Bertz CT molecular complexity index is 442. The molecule has 1 aromatic carbocycles. The summed E-state index contributed by atoms with van der Waals surface area (Å²) < 4.78 is 0.847. The molecule has 1 rings (SSSR count).